The van der Waals surface area contributed by atoms with Crippen LogP contribution in [-0.2, 0) is 9.53 Å². The number of piperazine rings is 1. The second-order valence-electron chi connectivity index (χ2n) is 9.79. The molecule has 1 aromatic heterocycles. The molecule has 5 rings (SSSR count). The summed E-state index contributed by atoms with van der Waals surface area (Å²) in [4.78, 5) is 25.2. The maximum absolute atomic E-state index is 12.8. The van der Waals surface area contributed by atoms with E-state index in [9.17, 15) is 9.90 Å². The van der Waals surface area contributed by atoms with Crippen LogP contribution in [0.3, 0.4) is 0 Å². The summed E-state index contributed by atoms with van der Waals surface area (Å²) in [6.07, 6.45) is 8.10. The van der Waals surface area contributed by atoms with Gasteiger partial charge in [0.25, 0.3) is 0 Å². The van der Waals surface area contributed by atoms with Crippen LogP contribution in [0.5, 0.6) is 0 Å². The van der Waals surface area contributed by atoms with Gasteiger partial charge in [-0.15, -0.1) is 0 Å². The molecule has 0 unspecified atom stereocenters. The van der Waals surface area contributed by atoms with Crippen molar-refractivity contribution >= 4 is 11.9 Å². The third-order valence-corrected chi connectivity index (χ3v) is 8.38. The Morgan fingerprint density at radius 1 is 1.30 bits per heavy atom. The number of nitrogens with zero attached hydrogens (tertiary/aromatic N) is 3. The molecule has 2 saturated heterocycles. The zero-order valence-corrected chi connectivity index (χ0v) is 18.0. The molecule has 2 aliphatic heterocycles. The first-order valence-electron chi connectivity index (χ1n) is 11.4. The maximum Gasteiger partial charge on any atom is 0.315 e. The molecule has 7 nitrogen and oxygen atoms in total. The molecule has 1 saturated carbocycles. The Kier molecular flexibility index (Phi) is 5.06. The number of anilines is 1. The van der Waals surface area contributed by atoms with Crippen molar-refractivity contribution in [1.29, 1.82) is 0 Å². The molecule has 0 radical (unpaired) electrons. The highest BCUT2D eigenvalue weighted by molar-refractivity contribution is 5.76. The van der Waals surface area contributed by atoms with Crippen molar-refractivity contribution in [2.45, 2.75) is 45.3 Å². The monoisotopic (exact) mass is 413 g/mol. The summed E-state index contributed by atoms with van der Waals surface area (Å²) >= 11 is 0. The number of allylic oxidation sites excluding steroid dienone is 1. The Morgan fingerprint density at radius 3 is 2.77 bits per heavy atom. The Morgan fingerprint density at radius 2 is 2.03 bits per heavy atom. The van der Waals surface area contributed by atoms with Gasteiger partial charge in [-0.2, -0.15) is 0 Å². The maximum atomic E-state index is 12.8. The van der Waals surface area contributed by atoms with E-state index in [2.05, 4.69) is 34.8 Å². The number of quaternary nitrogens is 1. The van der Waals surface area contributed by atoms with E-state index >= 15 is 0 Å². The van der Waals surface area contributed by atoms with Crippen LogP contribution >= 0.6 is 0 Å². The number of hydrogen-bond donors (Lipinski definition) is 2. The second kappa shape index (κ2) is 7.61. The van der Waals surface area contributed by atoms with Gasteiger partial charge >= 0.3 is 5.97 Å². The summed E-state index contributed by atoms with van der Waals surface area (Å²) in [5.74, 6) is 0.778. The summed E-state index contributed by atoms with van der Waals surface area (Å²) in [6.45, 7) is 8.82. The third kappa shape index (κ3) is 3.14. The SMILES string of the molecule is C[C@@H]1CCC=C2C[C@H]3OC(=O)[C@H](C[NH+]4CCN(c5ncccn5)CC4)[C@H]3[C@H](O)[C@@]21C. The lowest BCUT2D eigenvalue weighted by atomic mass is 9.55. The molecule has 0 spiro atoms. The molecule has 7 heteroatoms. The molecule has 162 valence electrons. The van der Waals surface area contributed by atoms with E-state index in [4.69, 9.17) is 4.74 Å². The number of ether oxygens (including phenoxy) is 1. The van der Waals surface area contributed by atoms with Gasteiger partial charge in [0.15, 0.2) is 0 Å². The number of aliphatic hydroxyl groups is 1. The highest BCUT2D eigenvalue weighted by Gasteiger charge is 2.60. The Bertz CT molecular complexity index is 823. The fourth-order valence-corrected chi connectivity index (χ4v) is 6.29. The molecule has 2 N–H and O–H groups in total. The number of fused-ring (bicyclic) bond motifs is 2. The standard InChI is InChI=1S/C23H32N4O3/c1-15-5-3-6-16-13-18-19(20(28)23(15,16)2)17(21(29)30-18)14-26-9-11-27(12-10-26)22-24-7-4-8-25-22/h4,6-8,15,17-20,28H,3,5,9-14H2,1-2H3/p+1/t15-,17-,18-,19-,20+,23-/m1/s1. The van der Waals surface area contributed by atoms with E-state index in [1.165, 1.54) is 10.5 Å². The fraction of sp³-hybridized carbons (Fsp3) is 0.696. The van der Waals surface area contributed by atoms with Crippen molar-refractivity contribution in [3.05, 3.63) is 30.1 Å². The number of hydrogen-bond acceptors (Lipinski definition) is 6. The average Bonchev–Trinajstić information content (AvgIpc) is 3.07. The summed E-state index contributed by atoms with van der Waals surface area (Å²) in [5, 5.41) is 11.5. The minimum Gasteiger partial charge on any atom is -0.461 e. The molecule has 0 aromatic carbocycles. The minimum absolute atomic E-state index is 0.0943. The zero-order valence-electron chi connectivity index (χ0n) is 18.0. The molecule has 2 aliphatic carbocycles. The number of aromatic nitrogens is 2. The van der Waals surface area contributed by atoms with Crippen LogP contribution in [0, 0.1) is 23.2 Å². The molecule has 4 aliphatic rings. The van der Waals surface area contributed by atoms with Crippen LogP contribution in [0.4, 0.5) is 5.95 Å². The van der Waals surface area contributed by atoms with Gasteiger partial charge in [-0.1, -0.05) is 25.5 Å². The number of carbonyl (C=O) groups is 1. The van der Waals surface area contributed by atoms with Crippen molar-refractivity contribution in [3.63, 3.8) is 0 Å². The molecule has 1 aromatic rings. The van der Waals surface area contributed by atoms with Crippen molar-refractivity contribution in [2.24, 2.45) is 23.2 Å². The normalized spacial score (nSPS) is 39.2. The van der Waals surface area contributed by atoms with Gasteiger partial charge < -0.3 is 19.6 Å². The lowest BCUT2D eigenvalue weighted by Gasteiger charge is -2.51. The van der Waals surface area contributed by atoms with E-state index < -0.39 is 6.10 Å². The number of carbonyl (C=O) groups excluding carboxylic acids is 1. The lowest BCUT2D eigenvalue weighted by Crippen LogP contribution is -3.15. The summed E-state index contributed by atoms with van der Waals surface area (Å²) in [5.41, 5.74) is 1.07. The van der Waals surface area contributed by atoms with Crippen molar-refractivity contribution in [3.8, 4) is 0 Å². The molecule has 0 bridgehead atoms. The van der Waals surface area contributed by atoms with Gasteiger partial charge in [-0.05, 0) is 24.8 Å². The van der Waals surface area contributed by atoms with E-state index in [1.54, 1.807) is 12.4 Å². The second-order valence-corrected chi connectivity index (χ2v) is 9.79. The van der Waals surface area contributed by atoms with Gasteiger partial charge in [0.1, 0.15) is 12.0 Å². The quantitative estimate of drug-likeness (QED) is 0.554. The predicted octanol–water partition coefficient (Wildman–Crippen LogP) is 0.467. The van der Waals surface area contributed by atoms with Gasteiger partial charge in [0, 0.05) is 30.1 Å². The molecule has 0 amide bonds. The lowest BCUT2D eigenvalue weighted by molar-refractivity contribution is -0.903. The molecule has 30 heavy (non-hydrogen) atoms. The number of esters is 1. The first-order valence-corrected chi connectivity index (χ1v) is 11.4. The Balaban J connectivity index is 1.28. The fourth-order valence-electron chi connectivity index (χ4n) is 6.29. The molecular formula is C23H33N4O3+. The van der Waals surface area contributed by atoms with Gasteiger partial charge in [-0.3, -0.25) is 4.79 Å². The molecule has 3 fully saturated rings. The van der Waals surface area contributed by atoms with Crippen LogP contribution in [0.1, 0.15) is 33.1 Å². The van der Waals surface area contributed by atoms with E-state index in [0.29, 0.717) is 5.92 Å². The predicted molar refractivity (Wildman–Crippen MR) is 112 cm³/mol. The minimum atomic E-state index is -0.521. The largest absolute Gasteiger partial charge is 0.461 e. The smallest absolute Gasteiger partial charge is 0.315 e. The Labute approximate surface area is 178 Å². The summed E-state index contributed by atoms with van der Waals surface area (Å²) in [6, 6.07) is 1.83. The first-order chi connectivity index (χ1) is 14.5. The summed E-state index contributed by atoms with van der Waals surface area (Å²) < 4.78 is 5.83. The van der Waals surface area contributed by atoms with E-state index in [-0.39, 0.29) is 29.3 Å². The van der Waals surface area contributed by atoms with E-state index in [1.807, 2.05) is 6.07 Å². The van der Waals surface area contributed by atoms with Crippen LogP contribution < -0.4 is 9.80 Å². The van der Waals surface area contributed by atoms with Crippen molar-refractivity contribution in [2.75, 3.05) is 37.6 Å². The van der Waals surface area contributed by atoms with Crippen LogP contribution in [0.15, 0.2) is 30.1 Å². The van der Waals surface area contributed by atoms with Crippen molar-refractivity contribution in [1.82, 2.24) is 9.97 Å². The highest BCUT2D eigenvalue weighted by Crippen LogP contribution is 2.55. The number of nitrogens with one attached hydrogen (secondary N) is 1. The average molecular weight is 414 g/mol. The zero-order chi connectivity index (χ0) is 20.9. The summed E-state index contributed by atoms with van der Waals surface area (Å²) in [7, 11) is 0. The topological polar surface area (TPSA) is 80.0 Å². The van der Waals surface area contributed by atoms with Crippen LogP contribution in [0.2, 0.25) is 0 Å². The highest BCUT2D eigenvalue weighted by atomic mass is 16.6. The van der Waals surface area contributed by atoms with Crippen LogP contribution in [-0.4, -0.2) is 66.0 Å². The van der Waals surface area contributed by atoms with Crippen molar-refractivity contribution < 1.29 is 19.5 Å². The number of rotatable bonds is 3. The molecular weight excluding hydrogens is 380 g/mol. The van der Waals surface area contributed by atoms with Gasteiger partial charge in [0.2, 0.25) is 5.95 Å². The van der Waals surface area contributed by atoms with Gasteiger partial charge in [0.05, 0.1) is 38.8 Å². The first kappa shape index (κ1) is 19.9. The van der Waals surface area contributed by atoms with Gasteiger partial charge in [-0.25, -0.2) is 9.97 Å². The molecule has 3 heterocycles. The van der Waals surface area contributed by atoms with E-state index in [0.717, 1.165) is 57.9 Å². The Hall–Kier alpha value is -1.99. The van der Waals surface area contributed by atoms with Crippen LogP contribution in [0.25, 0.3) is 0 Å². The number of aliphatic hydroxyl groups excluding tert-OH is 1. The molecule has 6 atom stereocenters. The third-order valence-electron chi connectivity index (χ3n) is 8.38.